The van der Waals surface area contributed by atoms with Crippen LogP contribution in [0.15, 0.2) is 45.9 Å². The molecule has 0 amide bonds. The summed E-state index contributed by atoms with van der Waals surface area (Å²) in [4.78, 5) is 0. The summed E-state index contributed by atoms with van der Waals surface area (Å²) >= 11 is 0. The Kier molecular flexibility index (Phi) is 10.4. The molecule has 0 saturated carbocycles. The molecular formula is C19H30O6S3. The van der Waals surface area contributed by atoms with Crippen molar-refractivity contribution in [2.75, 3.05) is 11.5 Å². The summed E-state index contributed by atoms with van der Waals surface area (Å²) in [6.07, 6.45) is 4.78. The molecule has 1 atom stereocenters. The largest absolute Gasteiger partial charge is 0.224 e. The van der Waals surface area contributed by atoms with Gasteiger partial charge in [0.1, 0.15) is 0 Å². The Morgan fingerprint density at radius 1 is 0.857 bits per heavy atom. The van der Waals surface area contributed by atoms with Crippen LogP contribution in [0.3, 0.4) is 0 Å². The second-order valence-corrected chi connectivity index (χ2v) is 12.3. The fourth-order valence-corrected chi connectivity index (χ4v) is 8.33. The van der Waals surface area contributed by atoms with Gasteiger partial charge in [-0.2, -0.15) is 0 Å². The first-order valence-corrected chi connectivity index (χ1v) is 14.0. The van der Waals surface area contributed by atoms with E-state index in [1.165, 1.54) is 25.2 Å². The summed E-state index contributed by atoms with van der Waals surface area (Å²) in [5, 5.41) is 1.51. The van der Waals surface area contributed by atoms with Crippen LogP contribution in [0, 0.1) is 5.41 Å². The molecule has 0 fully saturated rings. The molecule has 1 unspecified atom stereocenters. The zero-order chi connectivity index (χ0) is 22.1. The lowest BCUT2D eigenvalue weighted by molar-refractivity contribution is 0.343. The third kappa shape index (κ3) is 8.33. The monoisotopic (exact) mass is 450 g/mol. The Bertz CT molecular complexity index is 930. The highest BCUT2D eigenvalue weighted by molar-refractivity contribution is 7.96. The molecule has 160 valence electrons. The van der Waals surface area contributed by atoms with Crippen LogP contribution < -0.4 is 0 Å². The molecule has 0 radical (unpaired) electrons. The van der Waals surface area contributed by atoms with E-state index in [0.717, 1.165) is 16.2 Å². The Morgan fingerprint density at radius 2 is 1.29 bits per heavy atom. The molecule has 6 nitrogen and oxygen atoms in total. The standard InChI is InChI=1S/C19H30O6S3/c1-6-10-13-26(20,21)16-19(9-4,17-27(22,23)14-11-7-2)18(5)28(24,25)15-12-8-3/h6-7,12-15,18H,8-9,16-17H2,1-5H3. The average Bonchev–Trinajstić information content (AvgIpc) is 2.61. The van der Waals surface area contributed by atoms with Crippen LogP contribution in [0.1, 0.15) is 47.5 Å². The first kappa shape index (κ1) is 26.6. The van der Waals surface area contributed by atoms with Gasteiger partial charge >= 0.3 is 0 Å². The predicted molar refractivity (Wildman–Crippen MR) is 115 cm³/mol. The van der Waals surface area contributed by atoms with Gasteiger partial charge in [0.05, 0.1) is 27.6 Å². The first-order valence-electron chi connectivity index (χ1n) is 8.91. The SMILES string of the molecule is CC=C=CS(=O)(=O)CC(CC)(CS(=O)(=O)C=C=CC)C(C)S(=O)(=O)C=CCC. The lowest BCUT2D eigenvalue weighted by Gasteiger charge is -2.36. The molecule has 0 rings (SSSR count). The predicted octanol–water partition coefficient (Wildman–Crippen LogP) is 3.32. The summed E-state index contributed by atoms with van der Waals surface area (Å²) in [6.45, 7) is 7.91. The van der Waals surface area contributed by atoms with Crippen molar-refractivity contribution < 1.29 is 25.3 Å². The molecule has 0 aliphatic carbocycles. The molecule has 0 saturated heterocycles. The van der Waals surface area contributed by atoms with Gasteiger partial charge in [0, 0.05) is 10.8 Å². The molecule has 0 aliphatic rings. The molecule has 0 aliphatic heterocycles. The van der Waals surface area contributed by atoms with E-state index < -0.39 is 51.7 Å². The Morgan fingerprint density at radius 3 is 1.61 bits per heavy atom. The number of hydrogen-bond acceptors (Lipinski definition) is 6. The zero-order valence-corrected chi connectivity index (χ0v) is 19.5. The van der Waals surface area contributed by atoms with E-state index in [1.54, 1.807) is 27.7 Å². The van der Waals surface area contributed by atoms with Crippen LogP contribution in [0.25, 0.3) is 0 Å². The molecule has 0 bridgehead atoms. The summed E-state index contributed by atoms with van der Waals surface area (Å²) < 4.78 is 75.6. The third-order valence-electron chi connectivity index (χ3n) is 4.39. The van der Waals surface area contributed by atoms with Gasteiger partial charge in [-0.25, -0.2) is 25.3 Å². The Balaban J connectivity index is 6.61. The highest BCUT2D eigenvalue weighted by Crippen LogP contribution is 2.36. The maximum Gasteiger partial charge on any atom is 0.179 e. The number of rotatable bonds is 11. The van der Waals surface area contributed by atoms with Gasteiger partial charge in [-0.05, 0) is 45.8 Å². The second-order valence-electron chi connectivity index (χ2n) is 6.49. The van der Waals surface area contributed by atoms with Crippen LogP contribution >= 0.6 is 0 Å². The van der Waals surface area contributed by atoms with Gasteiger partial charge in [-0.3, -0.25) is 0 Å². The van der Waals surface area contributed by atoms with Crippen molar-refractivity contribution in [1.29, 1.82) is 0 Å². The van der Waals surface area contributed by atoms with E-state index >= 15 is 0 Å². The zero-order valence-electron chi connectivity index (χ0n) is 17.0. The number of hydrogen-bond donors (Lipinski definition) is 0. The topological polar surface area (TPSA) is 102 Å². The van der Waals surface area contributed by atoms with Crippen molar-refractivity contribution in [3.8, 4) is 0 Å². The van der Waals surface area contributed by atoms with Crippen molar-refractivity contribution >= 4 is 29.5 Å². The van der Waals surface area contributed by atoms with E-state index in [9.17, 15) is 25.3 Å². The van der Waals surface area contributed by atoms with Crippen LogP contribution in [0.4, 0.5) is 0 Å². The molecule has 0 heterocycles. The van der Waals surface area contributed by atoms with Crippen LogP contribution in [-0.4, -0.2) is 42.0 Å². The van der Waals surface area contributed by atoms with Crippen molar-refractivity contribution in [2.24, 2.45) is 5.41 Å². The van der Waals surface area contributed by atoms with Crippen molar-refractivity contribution in [3.63, 3.8) is 0 Å². The van der Waals surface area contributed by atoms with Gasteiger partial charge < -0.3 is 0 Å². The third-order valence-corrected chi connectivity index (χ3v) is 9.39. The van der Waals surface area contributed by atoms with Gasteiger partial charge in [0.25, 0.3) is 0 Å². The number of sulfone groups is 3. The molecule has 0 aromatic rings. The van der Waals surface area contributed by atoms with E-state index in [2.05, 4.69) is 11.5 Å². The van der Waals surface area contributed by atoms with Crippen molar-refractivity contribution in [2.45, 2.75) is 52.7 Å². The van der Waals surface area contributed by atoms with Gasteiger partial charge in [0.2, 0.25) is 0 Å². The molecule has 0 N–H and O–H groups in total. The first-order chi connectivity index (χ1) is 12.8. The van der Waals surface area contributed by atoms with Gasteiger partial charge in [-0.1, -0.05) is 19.9 Å². The highest BCUT2D eigenvalue weighted by atomic mass is 32.2. The quantitative estimate of drug-likeness (QED) is 0.447. The van der Waals surface area contributed by atoms with E-state index in [4.69, 9.17) is 0 Å². The normalized spacial score (nSPS) is 15.8. The average molecular weight is 451 g/mol. The lowest BCUT2D eigenvalue weighted by atomic mass is 9.86. The molecule has 9 heteroatoms. The maximum atomic E-state index is 12.8. The summed E-state index contributed by atoms with van der Waals surface area (Å²) in [6, 6.07) is 0. The smallest absolute Gasteiger partial charge is 0.179 e. The van der Waals surface area contributed by atoms with E-state index in [-0.39, 0.29) is 6.42 Å². The Hall–Kier alpha value is -1.37. The molecule has 0 aromatic heterocycles. The molecule has 0 spiro atoms. The summed E-state index contributed by atoms with van der Waals surface area (Å²) in [5.41, 5.74) is 3.40. The molecule has 28 heavy (non-hydrogen) atoms. The number of allylic oxidation sites excluding steroid dienone is 3. The van der Waals surface area contributed by atoms with E-state index in [0.29, 0.717) is 6.42 Å². The minimum absolute atomic E-state index is 0.0409. The fourth-order valence-electron chi connectivity index (χ4n) is 2.69. The van der Waals surface area contributed by atoms with Crippen molar-refractivity contribution in [1.82, 2.24) is 0 Å². The Labute approximate surface area is 170 Å². The molecule has 0 aromatic carbocycles. The lowest BCUT2D eigenvalue weighted by Crippen LogP contribution is -2.47. The minimum Gasteiger partial charge on any atom is -0.224 e. The summed E-state index contributed by atoms with van der Waals surface area (Å²) in [7, 11) is -11.7. The second kappa shape index (κ2) is 11.0. The van der Waals surface area contributed by atoms with Crippen LogP contribution in [0.2, 0.25) is 0 Å². The fraction of sp³-hybridized carbons (Fsp3) is 0.579. The maximum absolute atomic E-state index is 12.8. The summed E-state index contributed by atoms with van der Waals surface area (Å²) in [5.74, 6) is -1.25. The van der Waals surface area contributed by atoms with Crippen LogP contribution in [0.5, 0.6) is 0 Å². The van der Waals surface area contributed by atoms with Gasteiger partial charge in [-0.15, -0.1) is 11.5 Å². The minimum atomic E-state index is -3.89. The highest BCUT2D eigenvalue weighted by Gasteiger charge is 2.46. The molecular weight excluding hydrogens is 420 g/mol. The van der Waals surface area contributed by atoms with Crippen molar-refractivity contribution in [3.05, 3.63) is 45.9 Å². The van der Waals surface area contributed by atoms with Gasteiger partial charge in [0.15, 0.2) is 29.5 Å². The van der Waals surface area contributed by atoms with Crippen LogP contribution in [-0.2, 0) is 29.5 Å². The van der Waals surface area contributed by atoms with E-state index in [1.807, 2.05) is 0 Å².